The third-order valence-corrected chi connectivity index (χ3v) is 4.51. The Bertz CT molecular complexity index is 273. The molecule has 0 rings (SSSR count). The maximum atomic E-state index is 10.5. The SMILES string of the molecule is CCCCCCCCCCCCCCCCCCC=CC(N)=O. The van der Waals surface area contributed by atoms with Crippen molar-refractivity contribution in [3.8, 4) is 0 Å². The molecule has 0 saturated heterocycles. The fourth-order valence-corrected chi connectivity index (χ4v) is 3.01. The molecule has 0 aromatic carbocycles. The Labute approximate surface area is 145 Å². The highest BCUT2D eigenvalue weighted by molar-refractivity contribution is 5.85. The number of primary amides is 1. The number of carbonyl (C=O) groups is 1. The summed E-state index contributed by atoms with van der Waals surface area (Å²) in [6.45, 7) is 2.28. The van der Waals surface area contributed by atoms with Crippen molar-refractivity contribution >= 4 is 5.91 Å². The van der Waals surface area contributed by atoms with E-state index in [1.807, 2.05) is 6.08 Å². The normalized spacial score (nSPS) is 11.3. The molecule has 0 heterocycles. The third-order valence-electron chi connectivity index (χ3n) is 4.51. The first-order valence-electron chi connectivity index (χ1n) is 10.2. The van der Waals surface area contributed by atoms with Crippen LogP contribution < -0.4 is 5.73 Å². The molecule has 0 radical (unpaired) electrons. The Hall–Kier alpha value is -0.790. The average Bonchev–Trinajstić information content (AvgIpc) is 2.53. The number of carbonyl (C=O) groups excluding carboxylic acids is 1. The molecule has 0 aliphatic heterocycles. The second kappa shape index (κ2) is 19.3. The zero-order chi connectivity index (χ0) is 17.0. The molecular formula is C21H41NO. The summed E-state index contributed by atoms with van der Waals surface area (Å²) >= 11 is 0. The Morgan fingerprint density at radius 1 is 0.652 bits per heavy atom. The first kappa shape index (κ1) is 22.2. The van der Waals surface area contributed by atoms with Gasteiger partial charge in [0, 0.05) is 0 Å². The summed E-state index contributed by atoms with van der Waals surface area (Å²) in [5.74, 6) is -0.332. The molecule has 0 atom stereocenters. The van der Waals surface area contributed by atoms with Gasteiger partial charge < -0.3 is 5.73 Å². The van der Waals surface area contributed by atoms with Crippen LogP contribution in [0.5, 0.6) is 0 Å². The topological polar surface area (TPSA) is 43.1 Å². The third kappa shape index (κ3) is 21.2. The van der Waals surface area contributed by atoms with Crippen molar-refractivity contribution in [3.63, 3.8) is 0 Å². The van der Waals surface area contributed by atoms with Crippen molar-refractivity contribution in [3.05, 3.63) is 12.2 Å². The Morgan fingerprint density at radius 2 is 1.00 bits per heavy atom. The summed E-state index contributed by atoms with van der Waals surface area (Å²) in [4.78, 5) is 10.5. The number of amides is 1. The Kier molecular flexibility index (Phi) is 18.6. The van der Waals surface area contributed by atoms with E-state index in [1.165, 1.54) is 109 Å². The molecule has 0 bridgehead atoms. The van der Waals surface area contributed by atoms with E-state index in [2.05, 4.69) is 6.92 Å². The number of hydrogen-bond donors (Lipinski definition) is 1. The van der Waals surface area contributed by atoms with Crippen LogP contribution in [-0.4, -0.2) is 5.91 Å². The van der Waals surface area contributed by atoms with Gasteiger partial charge in [0.15, 0.2) is 0 Å². The standard InChI is InChI=1S/C21H41NO/c1-2-3-4-5-6-7-8-9-10-11-12-13-14-15-16-17-18-19-20-21(22)23/h19-20H,2-18H2,1H3,(H2,22,23). The smallest absolute Gasteiger partial charge is 0.241 e. The van der Waals surface area contributed by atoms with Crippen molar-refractivity contribution in [2.45, 2.75) is 116 Å². The lowest BCUT2D eigenvalue weighted by molar-refractivity contribution is -0.113. The summed E-state index contributed by atoms with van der Waals surface area (Å²) in [5.41, 5.74) is 5.04. The molecule has 0 fully saturated rings. The van der Waals surface area contributed by atoms with E-state index in [0.29, 0.717) is 0 Å². The molecule has 0 aliphatic rings. The second-order valence-electron chi connectivity index (χ2n) is 6.90. The van der Waals surface area contributed by atoms with Crippen molar-refractivity contribution in [2.24, 2.45) is 5.73 Å². The molecular weight excluding hydrogens is 282 g/mol. The minimum atomic E-state index is -0.332. The molecule has 2 heteroatoms. The molecule has 136 valence electrons. The van der Waals surface area contributed by atoms with Crippen LogP contribution in [0.15, 0.2) is 12.2 Å². The maximum Gasteiger partial charge on any atom is 0.241 e. The Balaban J connectivity index is 3.01. The molecule has 23 heavy (non-hydrogen) atoms. The lowest BCUT2D eigenvalue weighted by Crippen LogP contribution is -2.05. The number of nitrogens with two attached hydrogens (primary N) is 1. The van der Waals surface area contributed by atoms with E-state index in [9.17, 15) is 4.79 Å². The molecule has 0 aliphatic carbocycles. The number of hydrogen-bond acceptors (Lipinski definition) is 1. The van der Waals surface area contributed by atoms with Gasteiger partial charge in [0.1, 0.15) is 0 Å². The average molecular weight is 324 g/mol. The molecule has 1 amide bonds. The van der Waals surface area contributed by atoms with E-state index in [0.717, 1.165) is 6.42 Å². The highest BCUT2D eigenvalue weighted by Crippen LogP contribution is 2.14. The second-order valence-corrected chi connectivity index (χ2v) is 6.90. The van der Waals surface area contributed by atoms with Crippen LogP contribution in [0, 0.1) is 0 Å². The molecule has 2 nitrogen and oxygen atoms in total. The lowest BCUT2D eigenvalue weighted by atomic mass is 10.0. The number of unbranched alkanes of at least 4 members (excludes halogenated alkanes) is 16. The van der Waals surface area contributed by atoms with E-state index < -0.39 is 0 Å². The van der Waals surface area contributed by atoms with Crippen LogP contribution in [0.3, 0.4) is 0 Å². The van der Waals surface area contributed by atoms with E-state index >= 15 is 0 Å². The van der Waals surface area contributed by atoms with Crippen LogP contribution in [0.2, 0.25) is 0 Å². The van der Waals surface area contributed by atoms with Gasteiger partial charge in [-0.1, -0.05) is 109 Å². The fraction of sp³-hybridized carbons (Fsp3) is 0.857. The van der Waals surface area contributed by atoms with Crippen LogP contribution in [-0.2, 0) is 4.79 Å². The molecule has 0 aromatic rings. The monoisotopic (exact) mass is 323 g/mol. The van der Waals surface area contributed by atoms with Gasteiger partial charge in [-0.15, -0.1) is 0 Å². The van der Waals surface area contributed by atoms with Crippen molar-refractivity contribution < 1.29 is 4.79 Å². The van der Waals surface area contributed by atoms with Crippen LogP contribution in [0.4, 0.5) is 0 Å². The summed E-state index contributed by atoms with van der Waals surface area (Å²) in [7, 11) is 0. The molecule has 0 unspecified atom stereocenters. The van der Waals surface area contributed by atoms with Gasteiger partial charge in [-0.05, 0) is 18.9 Å². The Morgan fingerprint density at radius 3 is 1.35 bits per heavy atom. The first-order chi connectivity index (χ1) is 11.3. The van der Waals surface area contributed by atoms with Gasteiger partial charge in [0.25, 0.3) is 0 Å². The molecule has 2 N–H and O–H groups in total. The van der Waals surface area contributed by atoms with E-state index in [4.69, 9.17) is 5.73 Å². The quantitative estimate of drug-likeness (QED) is 0.222. The van der Waals surface area contributed by atoms with Crippen LogP contribution >= 0.6 is 0 Å². The number of rotatable bonds is 18. The largest absolute Gasteiger partial charge is 0.366 e. The fourth-order valence-electron chi connectivity index (χ4n) is 3.01. The maximum absolute atomic E-state index is 10.5. The summed E-state index contributed by atoms with van der Waals surface area (Å²) in [6, 6.07) is 0. The van der Waals surface area contributed by atoms with Crippen LogP contribution in [0.25, 0.3) is 0 Å². The minimum absolute atomic E-state index is 0.332. The zero-order valence-electron chi connectivity index (χ0n) is 15.7. The van der Waals surface area contributed by atoms with Gasteiger partial charge >= 0.3 is 0 Å². The van der Waals surface area contributed by atoms with Gasteiger partial charge in [0.05, 0.1) is 0 Å². The summed E-state index contributed by atoms with van der Waals surface area (Å²) in [5, 5.41) is 0. The molecule has 0 saturated carbocycles. The molecule has 0 spiro atoms. The van der Waals surface area contributed by atoms with Crippen molar-refractivity contribution in [1.82, 2.24) is 0 Å². The van der Waals surface area contributed by atoms with Crippen molar-refractivity contribution in [1.29, 1.82) is 0 Å². The van der Waals surface area contributed by atoms with Gasteiger partial charge in [-0.2, -0.15) is 0 Å². The van der Waals surface area contributed by atoms with Gasteiger partial charge in [-0.3, -0.25) is 4.79 Å². The zero-order valence-corrected chi connectivity index (χ0v) is 15.7. The molecule has 0 aromatic heterocycles. The van der Waals surface area contributed by atoms with Crippen molar-refractivity contribution in [2.75, 3.05) is 0 Å². The van der Waals surface area contributed by atoms with Gasteiger partial charge in [-0.25, -0.2) is 0 Å². The summed E-state index contributed by atoms with van der Waals surface area (Å²) in [6.07, 6.45) is 26.7. The highest BCUT2D eigenvalue weighted by Gasteiger charge is 1.94. The number of allylic oxidation sites excluding steroid dienone is 1. The highest BCUT2D eigenvalue weighted by atomic mass is 16.1. The van der Waals surface area contributed by atoms with Crippen LogP contribution in [0.1, 0.15) is 116 Å². The van der Waals surface area contributed by atoms with E-state index in [-0.39, 0.29) is 5.91 Å². The predicted molar refractivity (Wildman–Crippen MR) is 102 cm³/mol. The first-order valence-corrected chi connectivity index (χ1v) is 10.2. The minimum Gasteiger partial charge on any atom is -0.366 e. The van der Waals surface area contributed by atoms with Gasteiger partial charge in [0.2, 0.25) is 5.91 Å². The summed E-state index contributed by atoms with van der Waals surface area (Å²) < 4.78 is 0. The predicted octanol–water partition coefficient (Wildman–Crippen LogP) is 6.68. The van der Waals surface area contributed by atoms with E-state index in [1.54, 1.807) is 0 Å². The lowest BCUT2D eigenvalue weighted by Gasteiger charge is -2.03.